The number of nitrogens with zero attached hydrogens (tertiary/aromatic N) is 1. The van der Waals surface area contributed by atoms with Crippen LogP contribution in [-0.4, -0.2) is 21.6 Å². The minimum atomic E-state index is -3.58. The highest BCUT2D eigenvalue weighted by atomic mass is 32.2. The third-order valence-electron chi connectivity index (χ3n) is 3.39. The normalized spacial score (nSPS) is 11.2. The molecule has 22 heavy (non-hydrogen) atoms. The second-order valence-corrected chi connectivity index (χ2v) is 6.72. The first-order chi connectivity index (χ1) is 10.5. The fraction of sp³-hybridized carbons (Fsp3) is 0.294. The van der Waals surface area contributed by atoms with E-state index in [9.17, 15) is 8.42 Å². The molecule has 0 saturated heterocycles. The maximum Gasteiger partial charge on any atom is 0.264 e. The molecule has 4 nitrogen and oxygen atoms in total. The van der Waals surface area contributed by atoms with Crippen LogP contribution in [0.15, 0.2) is 53.4 Å². The van der Waals surface area contributed by atoms with Gasteiger partial charge in [0.25, 0.3) is 10.0 Å². The van der Waals surface area contributed by atoms with E-state index in [2.05, 4.69) is 0 Å². The SMILES string of the molecule is CCOc1ccc(S(=O)(=O)N(CC)c2ccccc2C)cc1. The molecule has 0 unspecified atom stereocenters. The predicted octanol–water partition coefficient (Wildman–Crippen LogP) is 3.61. The molecule has 0 aliphatic carbocycles. The molecule has 0 fully saturated rings. The van der Waals surface area contributed by atoms with Gasteiger partial charge in [0.1, 0.15) is 5.75 Å². The van der Waals surface area contributed by atoms with E-state index < -0.39 is 10.0 Å². The van der Waals surface area contributed by atoms with Gasteiger partial charge in [-0.15, -0.1) is 0 Å². The molecule has 5 heteroatoms. The maximum absolute atomic E-state index is 12.9. The van der Waals surface area contributed by atoms with Crippen LogP contribution in [0, 0.1) is 6.92 Å². The number of sulfonamides is 1. The summed E-state index contributed by atoms with van der Waals surface area (Å²) in [4.78, 5) is 0.265. The molecule has 0 aliphatic rings. The van der Waals surface area contributed by atoms with E-state index in [0.29, 0.717) is 24.6 Å². The summed E-state index contributed by atoms with van der Waals surface area (Å²) in [6.07, 6.45) is 0. The summed E-state index contributed by atoms with van der Waals surface area (Å²) in [6, 6.07) is 14.0. The summed E-state index contributed by atoms with van der Waals surface area (Å²) >= 11 is 0. The monoisotopic (exact) mass is 319 g/mol. The largest absolute Gasteiger partial charge is 0.494 e. The molecular weight excluding hydrogens is 298 g/mol. The van der Waals surface area contributed by atoms with Gasteiger partial charge < -0.3 is 4.74 Å². The van der Waals surface area contributed by atoms with E-state index in [-0.39, 0.29) is 4.90 Å². The third-order valence-corrected chi connectivity index (χ3v) is 5.30. The van der Waals surface area contributed by atoms with Crippen LogP contribution in [0.1, 0.15) is 19.4 Å². The molecule has 0 amide bonds. The zero-order valence-electron chi connectivity index (χ0n) is 13.1. The van der Waals surface area contributed by atoms with Crippen molar-refractivity contribution in [3.63, 3.8) is 0 Å². The number of hydrogen-bond donors (Lipinski definition) is 0. The topological polar surface area (TPSA) is 46.6 Å². The van der Waals surface area contributed by atoms with Gasteiger partial charge in [-0.05, 0) is 56.7 Å². The van der Waals surface area contributed by atoms with Gasteiger partial charge in [0.2, 0.25) is 0 Å². The van der Waals surface area contributed by atoms with Crippen LogP contribution in [0.25, 0.3) is 0 Å². The Kier molecular flexibility index (Phi) is 5.08. The first-order valence-electron chi connectivity index (χ1n) is 7.32. The number of anilines is 1. The van der Waals surface area contributed by atoms with Crippen molar-refractivity contribution in [2.45, 2.75) is 25.7 Å². The van der Waals surface area contributed by atoms with E-state index in [1.807, 2.05) is 45.0 Å². The number of ether oxygens (including phenoxy) is 1. The van der Waals surface area contributed by atoms with Crippen molar-refractivity contribution < 1.29 is 13.2 Å². The number of para-hydroxylation sites is 1. The maximum atomic E-state index is 12.9. The van der Waals surface area contributed by atoms with Crippen molar-refractivity contribution in [1.29, 1.82) is 0 Å². The van der Waals surface area contributed by atoms with Gasteiger partial charge >= 0.3 is 0 Å². The molecule has 118 valence electrons. The van der Waals surface area contributed by atoms with E-state index in [0.717, 1.165) is 5.56 Å². The molecule has 0 heterocycles. The smallest absolute Gasteiger partial charge is 0.264 e. The van der Waals surface area contributed by atoms with Gasteiger partial charge in [0.15, 0.2) is 0 Å². The molecule has 0 spiro atoms. The summed E-state index contributed by atoms with van der Waals surface area (Å²) in [5.41, 5.74) is 1.64. The lowest BCUT2D eigenvalue weighted by atomic mass is 10.2. The Labute approximate surface area is 132 Å². The lowest BCUT2D eigenvalue weighted by Gasteiger charge is -2.24. The van der Waals surface area contributed by atoms with Crippen LogP contribution in [0.3, 0.4) is 0 Å². The molecule has 2 rings (SSSR count). The van der Waals surface area contributed by atoms with E-state index >= 15 is 0 Å². The van der Waals surface area contributed by atoms with Crippen molar-refractivity contribution in [2.75, 3.05) is 17.5 Å². The van der Waals surface area contributed by atoms with Gasteiger partial charge in [-0.2, -0.15) is 0 Å². The Morgan fingerprint density at radius 2 is 1.64 bits per heavy atom. The summed E-state index contributed by atoms with van der Waals surface area (Å²) in [5.74, 6) is 0.667. The van der Waals surface area contributed by atoms with Crippen LogP contribution in [0.5, 0.6) is 5.75 Å². The number of benzene rings is 2. The molecule has 0 atom stereocenters. The molecule has 0 N–H and O–H groups in total. The summed E-state index contributed by atoms with van der Waals surface area (Å²) < 4.78 is 32.5. The Morgan fingerprint density at radius 3 is 2.18 bits per heavy atom. The summed E-state index contributed by atoms with van der Waals surface area (Å²) in [6.45, 7) is 6.56. The molecule has 0 aliphatic heterocycles. The Bertz CT molecular complexity index is 724. The average Bonchev–Trinajstić information content (AvgIpc) is 2.50. The zero-order valence-corrected chi connectivity index (χ0v) is 13.9. The van der Waals surface area contributed by atoms with Crippen molar-refractivity contribution in [3.05, 3.63) is 54.1 Å². The average molecular weight is 319 g/mol. The molecule has 0 saturated carbocycles. The van der Waals surface area contributed by atoms with E-state index in [1.54, 1.807) is 24.3 Å². The molecular formula is C17H21NO3S. The van der Waals surface area contributed by atoms with Crippen LogP contribution >= 0.6 is 0 Å². The van der Waals surface area contributed by atoms with Crippen LogP contribution in [0.2, 0.25) is 0 Å². The third kappa shape index (κ3) is 3.25. The van der Waals surface area contributed by atoms with Gasteiger partial charge in [-0.3, -0.25) is 4.31 Å². The second kappa shape index (κ2) is 6.83. The van der Waals surface area contributed by atoms with E-state index in [1.165, 1.54) is 4.31 Å². The Balaban J connectivity index is 2.41. The highest BCUT2D eigenvalue weighted by molar-refractivity contribution is 7.92. The lowest BCUT2D eigenvalue weighted by molar-refractivity contribution is 0.340. The number of hydrogen-bond acceptors (Lipinski definition) is 3. The highest BCUT2D eigenvalue weighted by Gasteiger charge is 2.24. The first-order valence-corrected chi connectivity index (χ1v) is 8.76. The minimum Gasteiger partial charge on any atom is -0.494 e. The van der Waals surface area contributed by atoms with Gasteiger partial charge in [0.05, 0.1) is 17.2 Å². The highest BCUT2D eigenvalue weighted by Crippen LogP contribution is 2.27. The second-order valence-electron chi connectivity index (χ2n) is 4.86. The van der Waals surface area contributed by atoms with Crippen LogP contribution in [0.4, 0.5) is 5.69 Å². The van der Waals surface area contributed by atoms with Crippen LogP contribution < -0.4 is 9.04 Å². The summed E-state index contributed by atoms with van der Waals surface area (Å²) in [5, 5.41) is 0. The fourth-order valence-corrected chi connectivity index (χ4v) is 3.85. The van der Waals surface area contributed by atoms with E-state index in [4.69, 9.17) is 4.74 Å². The van der Waals surface area contributed by atoms with Crippen molar-refractivity contribution >= 4 is 15.7 Å². The molecule has 0 bridgehead atoms. The van der Waals surface area contributed by atoms with Gasteiger partial charge in [-0.1, -0.05) is 18.2 Å². The summed E-state index contributed by atoms with van der Waals surface area (Å²) in [7, 11) is -3.58. The van der Waals surface area contributed by atoms with Crippen LogP contribution in [-0.2, 0) is 10.0 Å². The predicted molar refractivity (Wildman–Crippen MR) is 89.0 cm³/mol. The Hall–Kier alpha value is -2.01. The fourth-order valence-electron chi connectivity index (χ4n) is 2.31. The standard InChI is InChI=1S/C17H21NO3S/c1-4-18(17-9-7-6-8-14(17)3)22(19,20)16-12-10-15(11-13-16)21-5-2/h6-13H,4-5H2,1-3H3. The molecule has 2 aromatic carbocycles. The first kappa shape index (κ1) is 16.4. The Morgan fingerprint density at radius 1 is 1.00 bits per heavy atom. The van der Waals surface area contributed by atoms with Crippen molar-refractivity contribution in [1.82, 2.24) is 0 Å². The van der Waals surface area contributed by atoms with Gasteiger partial charge in [-0.25, -0.2) is 8.42 Å². The zero-order chi connectivity index (χ0) is 16.2. The lowest BCUT2D eigenvalue weighted by Crippen LogP contribution is -2.31. The molecule has 2 aromatic rings. The quantitative estimate of drug-likeness (QED) is 0.817. The van der Waals surface area contributed by atoms with Gasteiger partial charge in [0, 0.05) is 6.54 Å². The number of aryl methyl sites for hydroxylation is 1. The molecule has 0 aromatic heterocycles. The van der Waals surface area contributed by atoms with Crippen molar-refractivity contribution in [2.24, 2.45) is 0 Å². The molecule has 0 radical (unpaired) electrons. The minimum absolute atomic E-state index is 0.265. The number of rotatable bonds is 6. The van der Waals surface area contributed by atoms with Crippen molar-refractivity contribution in [3.8, 4) is 5.75 Å².